The van der Waals surface area contributed by atoms with E-state index in [2.05, 4.69) is 14.9 Å². The summed E-state index contributed by atoms with van der Waals surface area (Å²) in [5.74, 6) is 1.01. The highest BCUT2D eigenvalue weighted by Gasteiger charge is 2.21. The molecule has 3 aromatic rings. The number of rotatable bonds is 6. The van der Waals surface area contributed by atoms with E-state index < -0.39 is 10.0 Å². The van der Waals surface area contributed by atoms with Crippen LogP contribution in [0.25, 0.3) is 0 Å². The van der Waals surface area contributed by atoms with Gasteiger partial charge in [-0.05, 0) is 43.3 Å². The molecule has 29 heavy (non-hydrogen) atoms. The predicted molar refractivity (Wildman–Crippen MR) is 110 cm³/mol. The number of benzene rings is 2. The first kappa shape index (κ1) is 20.8. The van der Waals surface area contributed by atoms with Gasteiger partial charge in [0.1, 0.15) is 5.82 Å². The largest absolute Gasteiger partial charge is 0.334 e. The molecule has 0 fully saturated rings. The lowest BCUT2D eigenvalue weighted by molar-refractivity contribution is 0.0781. The van der Waals surface area contributed by atoms with Gasteiger partial charge in [0.15, 0.2) is 5.82 Å². The number of carbonyl (C=O) groups excluding carboxylic acids is 1. The molecule has 3 rings (SSSR count). The Bertz CT molecular complexity index is 1140. The smallest absolute Gasteiger partial charge is 0.261 e. The van der Waals surface area contributed by atoms with Crippen molar-refractivity contribution >= 4 is 33.2 Å². The number of aromatic nitrogens is 3. The molecule has 0 radical (unpaired) electrons. The van der Waals surface area contributed by atoms with Gasteiger partial charge >= 0.3 is 0 Å². The number of nitrogens with zero attached hydrogens (tertiary/aromatic N) is 4. The number of amides is 1. The highest BCUT2D eigenvalue weighted by molar-refractivity contribution is 7.92. The van der Waals surface area contributed by atoms with Crippen molar-refractivity contribution in [2.75, 3.05) is 11.8 Å². The summed E-state index contributed by atoms with van der Waals surface area (Å²) < 4.78 is 29.7. The SMILES string of the molecule is Cc1nnc(CN(C)C(=O)c2ccccc2NS(=O)(=O)c2ccc(Cl)cc2)n1C. The van der Waals surface area contributed by atoms with E-state index in [0.29, 0.717) is 10.8 Å². The number of sulfonamides is 1. The van der Waals surface area contributed by atoms with Crippen LogP contribution in [0.1, 0.15) is 22.0 Å². The van der Waals surface area contributed by atoms with Crippen LogP contribution in [0.15, 0.2) is 53.4 Å². The Hall–Kier alpha value is -2.91. The summed E-state index contributed by atoms with van der Waals surface area (Å²) >= 11 is 5.83. The fourth-order valence-corrected chi connectivity index (χ4v) is 3.86. The molecular formula is C19H20ClN5O3S. The summed E-state index contributed by atoms with van der Waals surface area (Å²) in [4.78, 5) is 14.5. The Kier molecular flexibility index (Phi) is 5.90. The van der Waals surface area contributed by atoms with Crippen LogP contribution in [0.4, 0.5) is 5.69 Å². The van der Waals surface area contributed by atoms with E-state index in [1.54, 1.807) is 35.9 Å². The van der Waals surface area contributed by atoms with Crippen LogP contribution in [-0.4, -0.2) is 41.0 Å². The van der Waals surface area contributed by atoms with Gasteiger partial charge in [-0.1, -0.05) is 23.7 Å². The molecule has 1 N–H and O–H groups in total. The zero-order valence-electron chi connectivity index (χ0n) is 16.1. The maximum absolute atomic E-state index is 13.0. The number of hydrogen-bond donors (Lipinski definition) is 1. The van der Waals surface area contributed by atoms with Crippen molar-refractivity contribution in [1.29, 1.82) is 0 Å². The molecule has 0 saturated heterocycles. The minimum Gasteiger partial charge on any atom is -0.334 e. The van der Waals surface area contributed by atoms with Crippen LogP contribution >= 0.6 is 11.6 Å². The molecule has 1 aromatic heterocycles. The van der Waals surface area contributed by atoms with Gasteiger partial charge in [0, 0.05) is 19.1 Å². The van der Waals surface area contributed by atoms with Crippen LogP contribution in [0.2, 0.25) is 5.02 Å². The molecule has 0 atom stereocenters. The average molecular weight is 434 g/mol. The summed E-state index contributed by atoms with van der Waals surface area (Å²) in [5, 5.41) is 8.47. The van der Waals surface area contributed by atoms with Crippen molar-refractivity contribution in [3.8, 4) is 0 Å². The van der Waals surface area contributed by atoms with Crippen LogP contribution in [0, 0.1) is 6.92 Å². The van der Waals surface area contributed by atoms with E-state index in [-0.39, 0.29) is 28.6 Å². The Morgan fingerprint density at radius 2 is 1.79 bits per heavy atom. The minimum atomic E-state index is -3.88. The normalized spacial score (nSPS) is 11.3. The second-order valence-electron chi connectivity index (χ2n) is 6.49. The van der Waals surface area contributed by atoms with Crippen LogP contribution in [0.5, 0.6) is 0 Å². The molecule has 8 nitrogen and oxygen atoms in total. The lowest BCUT2D eigenvalue weighted by Crippen LogP contribution is -2.28. The zero-order valence-corrected chi connectivity index (χ0v) is 17.7. The third-order valence-electron chi connectivity index (χ3n) is 4.43. The van der Waals surface area contributed by atoms with E-state index in [1.807, 2.05) is 14.0 Å². The van der Waals surface area contributed by atoms with Crippen molar-refractivity contribution in [2.24, 2.45) is 7.05 Å². The molecule has 0 aliphatic heterocycles. The van der Waals surface area contributed by atoms with Crippen LogP contribution < -0.4 is 4.72 Å². The van der Waals surface area contributed by atoms with Gasteiger partial charge in [-0.2, -0.15) is 0 Å². The molecular weight excluding hydrogens is 414 g/mol. The van der Waals surface area contributed by atoms with E-state index in [0.717, 1.165) is 5.82 Å². The second kappa shape index (κ2) is 8.22. The maximum Gasteiger partial charge on any atom is 0.261 e. The first-order valence-electron chi connectivity index (χ1n) is 8.67. The molecule has 2 aromatic carbocycles. The number of para-hydroxylation sites is 1. The third kappa shape index (κ3) is 4.57. The molecule has 0 aliphatic rings. The monoisotopic (exact) mass is 433 g/mol. The van der Waals surface area contributed by atoms with E-state index >= 15 is 0 Å². The molecule has 0 unspecified atom stereocenters. The van der Waals surface area contributed by atoms with E-state index in [1.165, 1.54) is 29.2 Å². The number of hydrogen-bond acceptors (Lipinski definition) is 5. The fraction of sp³-hybridized carbons (Fsp3) is 0.211. The average Bonchev–Trinajstić information content (AvgIpc) is 3.00. The highest BCUT2D eigenvalue weighted by atomic mass is 35.5. The number of aryl methyl sites for hydroxylation is 1. The van der Waals surface area contributed by atoms with Gasteiger partial charge in [0.25, 0.3) is 15.9 Å². The van der Waals surface area contributed by atoms with Gasteiger partial charge in [-0.25, -0.2) is 8.42 Å². The molecule has 0 bridgehead atoms. The molecule has 10 heteroatoms. The van der Waals surface area contributed by atoms with E-state index in [9.17, 15) is 13.2 Å². The molecule has 1 amide bonds. The molecule has 152 valence electrons. The Balaban J connectivity index is 1.85. The van der Waals surface area contributed by atoms with Crippen molar-refractivity contribution in [1.82, 2.24) is 19.7 Å². The van der Waals surface area contributed by atoms with Crippen LogP contribution in [0.3, 0.4) is 0 Å². The number of anilines is 1. The van der Waals surface area contributed by atoms with Crippen molar-refractivity contribution in [3.63, 3.8) is 0 Å². The van der Waals surface area contributed by atoms with Gasteiger partial charge in [-0.3, -0.25) is 9.52 Å². The highest BCUT2D eigenvalue weighted by Crippen LogP contribution is 2.22. The summed E-state index contributed by atoms with van der Waals surface area (Å²) in [6.07, 6.45) is 0. The zero-order chi connectivity index (χ0) is 21.2. The number of nitrogens with one attached hydrogen (secondary N) is 1. The predicted octanol–water partition coefficient (Wildman–Crippen LogP) is 2.85. The number of halogens is 1. The molecule has 1 heterocycles. The third-order valence-corrected chi connectivity index (χ3v) is 6.07. The standard InChI is InChI=1S/C19H20ClN5O3S/c1-13-21-22-18(25(13)3)12-24(2)19(26)16-6-4-5-7-17(16)23-29(27,28)15-10-8-14(20)9-11-15/h4-11,23H,12H2,1-3H3. The minimum absolute atomic E-state index is 0.0482. The Labute approximate surface area is 174 Å². The summed E-state index contributed by atoms with van der Waals surface area (Å²) in [6.45, 7) is 2.05. The molecule has 0 saturated carbocycles. The van der Waals surface area contributed by atoms with Crippen molar-refractivity contribution in [2.45, 2.75) is 18.4 Å². The van der Waals surface area contributed by atoms with Crippen molar-refractivity contribution in [3.05, 3.63) is 70.8 Å². The van der Waals surface area contributed by atoms with Gasteiger partial charge < -0.3 is 9.47 Å². The Morgan fingerprint density at radius 3 is 2.41 bits per heavy atom. The lowest BCUT2D eigenvalue weighted by Gasteiger charge is -2.19. The number of carbonyl (C=O) groups is 1. The maximum atomic E-state index is 13.0. The van der Waals surface area contributed by atoms with E-state index in [4.69, 9.17) is 11.6 Å². The summed E-state index contributed by atoms with van der Waals surface area (Å²) in [7, 11) is -0.441. The van der Waals surface area contributed by atoms with Gasteiger partial charge in [-0.15, -0.1) is 10.2 Å². The van der Waals surface area contributed by atoms with Crippen molar-refractivity contribution < 1.29 is 13.2 Å². The molecule has 0 aliphatic carbocycles. The molecule has 0 spiro atoms. The lowest BCUT2D eigenvalue weighted by atomic mass is 10.1. The van der Waals surface area contributed by atoms with Gasteiger partial charge in [0.2, 0.25) is 0 Å². The van der Waals surface area contributed by atoms with Gasteiger partial charge in [0.05, 0.1) is 22.7 Å². The first-order valence-corrected chi connectivity index (χ1v) is 10.5. The Morgan fingerprint density at radius 1 is 1.14 bits per heavy atom. The summed E-state index contributed by atoms with van der Waals surface area (Å²) in [6, 6.07) is 12.2. The summed E-state index contributed by atoms with van der Waals surface area (Å²) in [5.41, 5.74) is 0.417. The van der Waals surface area contributed by atoms with Crippen LogP contribution in [-0.2, 0) is 23.6 Å². The fourth-order valence-electron chi connectivity index (χ4n) is 2.65. The second-order valence-corrected chi connectivity index (χ2v) is 8.61. The topological polar surface area (TPSA) is 97.2 Å². The quantitative estimate of drug-likeness (QED) is 0.644. The first-order chi connectivity index (χ1) is 13.7.